The van der Waals surface area contributed by atoms with Gasteiger partial charge in [0.15, 0.2) is 0 Å². The van der Waals surface area contributed by atoms with Crippen LogP contribution in [0.2, 0.25) is 0 Å². The lowest BCUT2D eigenvalue weighted by atomic mass is 9.67. The Morgan fingerprint density at radius 3 is 1.87 bits per heavy atom. The Bertz CT molecular complexity index is 2480. The highest BCUT2D eigenvalue weighted by Gasteiger charge is 2.51. The minimum atomic E-state index is -0.862. The van der Waals surface area contributed by atoms with Crippen molar-refractivity contribution in [3.63, 3.8) is 0 Å². The van der Waals surface area contributed by atoms with E-state index in [4.69, 9.17) is 20.4 Å². The largest absolute Gasteiger partial charge is 0.453 e. The number of fused-ring (bicyclic) bond motifs is 5. The van der Waals surface area contributed by atoms with Crippen molar-refractivity contribution in [2.45, 2.75) is 69.1 Å². The number of amides is 3. The number of hydrogen-bond acceptors (Lipinski definition) is 7. The molecule has 2 aliphatic heterocycles. The van der Waals surface area contributed by atoms with Crippen LogP contribution in [0.1, 0.15) is 103 Å². The summed E-state index contributed by atoms with van der Waals surface area (Å²) in [7, 11) is 1.30. The molecule has 0 radical (unpaired) electrons. The zero-order chi connectivity index (χ0) is 41.6. The number of rotatable bonds is 10. The van der Waals surface area contributed by atoms with E-state index in [2.05, 4.69) is 51.7 Å². The number of ether oxygens (including phenoxy) is 1. The van der Waals surface area contributed by atoms with Gasteiger partial charge >= 0.3 is 6.09 Å². The monoisotopic (exact) mass is 816 g/mol. The molecular formula is C49H52N8O4. The van der Waals surface area contributed by atoms with E-state index < -0.39 is 18.2 Å². The summed E-state index contributed by atoms with van der Waals surface area (Å²) in [6, 6.07) is 25.8. The fraction of sp³-hybridized carbons (Fsp3) is 0.367. The van der Waals surface area contributed by atoms with Crippen LogP contribution in [0.4, 0.5) is 4.79 Å². The number of carbonyl (C=O) groups is 3. The van der Waals surface area contributed by atoms with Crippen molar-refractivity contribution in [2.24, 2.45) is 29.4 Å². The molecular weight excluding hydrogens is 765 g/mol. The first-order valence-electron chi connectivity index (χ1n) is 21.8. The molecule has 61 heavy (non-hydrogen) atoms. The van der Waals surface area contributed by atoms with Gasteiger partial charge in [-0.05, 0) is 102 Å². The number of benzene rings is 3. The van der Waals surface area contributed by atoms with Crippen molar-refractivity contribution in [3.8, 4) is 11.3 Å². The van der Waals surface area contributed by atoms with E-state index in [-0.39, 0.29) is 23.9 Å². The molecule has 10 rings (SSSR count). The summed E-state index contributed by atoms with van der Waals surface area (Å²) in [5.41, 5.74) is 14.9. The molecule has 4 fully saturated rings. The van der Waals surface area contributed by atoms with Crippen molar-refractivity contribution in [1.29, 1.82) is 0 Å². The predicted molar refractivity (Wildman–Crippen MR) is 232 cm³/mol. The molecule has 12 heteroatoms. The highest BCUT2D eigenvalue weighted by Crippen LogP contribution is 2.61. The molecule has 2 bridgehead atoms. The number of nitrogens with two attached hydrogens (primary N) is 1. The molecule has 2 saturated carbocycles. The Hall–Kier alpha value is -6.27. The third-order valence-corrected chi connectivity index (χ3v) is 14.1. The maximum Gasteiger partial charge on any atom is 0.407 e. The number of imidazole rings is 2. The Morgan fingerprint density at radius 1 is 0.689 bits per heavy atom. The average molecular weight is 817 g/mol. The number of hydrogen-bond donors (Lipinski definition) is 4. The number of nitrogens with zero attached hydrogens (tertiary/aromatic N) is 4. The zero-order valence-corrected chi connectivity index (χ0v) is 34.4. The number of nitrogens with one attached hydrogen (secondary N) is 3. The van der Waals surface area contributed by atoms with Crippen LogP contribution in [-0.4, -0.2) is 67.8 Å². The molecule has 5 aromatic rings. The lowest BCUT2D eigenvalue weighted by Gasteiger charge is -2.37. The fourth-order valence-electron chi connectivity index (χ4n) is 11.2. The van der Waals surface area contributed by atoms with Crippen molar-refractivity contribution in [3.05, 3.63) is 144 Å². The quantitative estimate of drug-likeness (QED) is 0.111. The van der Waals surface area contributed by atoms with Gasteiger partial charge in [-0.15, -0.1) is 0 Å². The van der Waals surface area contributed by atoms with Gasteiger partial charge in [0.2, 0.25) is 5.91 Å². The number of likely N-dealkylation sites (tertiary alicyclic amines) is 2. The van der Waals surface area contributed by atoms with E-state index in [9.17, 15) is 14.4 Å². The topological polar surface area (TPSA) is 162 Å². The van der Waals surface area contributed by atoms with Gasteiger partial charge in [0.25, 0.3) is 5.91 Å². The smallest absolute Gasteiger partial charge is 0.407 e. The van der Waals surface area contributed by atoms with Crippen LogP contribution in [0.5, 0.6) is 0 Å². The first-order chi connectivity index (χ1) is 29.9. The number of H-pyrrole nitrogens is 2. The van der Waals surface area contributed by atoms with Crippen LogP contribution in [0.3, 0.4) is 0 Å². The van der Waals surface area contributed by atoms with Gasteiger partial charge in [-0.3, -0.25) is 9.59 Å². The Balaban J connectivity index is 0.870. The minimum absolute atomic E-state index is 0.0723. The molecule has 3 aromatic carbocycles. The normalized spacial score (nSPS) is 25.1. The molecule has 2 saturated heterocycles. The fourth-order valence-corrected chi connectivity index (χ4v) is 11.2. The molecule has 3 aliphatic carbocycles. The first kappa shape index (κ1) is 38.9. The summed E-state index contributed by atoms with van der Waals surface area (Å²) in [6.07, 6.45) is 14.9. The molecule has 2 aromatic heterocycles. The Labute approximate surface area is 355 Å². The third kappa shape index (κ3) is 7.16. The van der Waals surface area contributed by atoms with Crippen molar-refractivity contribution >= 4 is 29.1 Å². The lowest BCUT2D eigenvalue weighted by molar-refractivity contribution is -0.135. The second-order valence-electron chi connectivity index (χ2n) is 17.3. The van der Waals surface area contributed by atoms with Gasteiger partial charge < -0.3 is 35.6 Å². The summed E-state index contributed by atoms with van der Waals surface area (Å²) in [5.74, 6) is 3.39. The number of carbonyl (C=O) groups excluding carboxylic acids is 3. The summed E-state index contributed by atoms with van der Waals surface area (Å²) < 4.78 is 4.89. The maximum atomic E-state index is 14.1. The molecule has 312 valence electrons. The van der Waals surface area contributed by atoms with Gasteiger partial charge in [0.1, 0.15) is 23.7 Å². The summed E-state index contributed by atoms with van der Waals surface area (Å²) in [4.78, 5) is 60.6. The van der Waals surface area contributed by atoms with Crippen LogP contribution in [0.15, 0.2) is 109 Å². The molecule has 12 nitrogen and oxygen atoms in total. The molecule has 5 N–H and O–H groups in total. The van der Waals surface area contributed by atoms with E-state index in [1.165, 1.54) is 43.1 Å². The Kier molecular flexibility index (Phi) is 10.4. The van der Waals surface area contributed by atoms with E-state index >= 15 is 0 Å². The van der Waals surface area contributed by atoms with E-state index in [0.717, 1.165) is 59.8 Å². The second kappa shape index (κ2) is 16.3. The molecule has 5 aliphatic rings. The maximum absolute atomic E-state index is 14.1. The van der Waals surface area contributed by atoms with Crippen LogP contribution in [-0.2, 0) is 14.3 Å². The number of allylic oxidation sites excluding steroid dienone is 4. The molecule has 8 unspecified atom stereocenters. The van der Waals surface area contributed by atoms with Crippen molar-refractivity contribution in [2.75, 3.05) is 20.2 Å². The second-order valence-corrected chi connectivity index (χ2v) is 17.3. The number of methoxy groups -OCH3 is 1. The minimum Gasteiger partial charge on any atom is -0.453 e. The average Bonchev–Trinajstić information content (AvgIpc) is 4.18. The Morgan fingerprint density at radius 2 is 1.23 bits per heavy atom. The molecule has 0 spiro atoms. The van der Waals surface area contributed by atoms with Gasteiger partial charge in [0, 0.05) is 13.1 Å². The van der Waals surface area contributed by atoms with Crippen LogP contribution in [0, 0.1) is 23.7 Å². The van der Waals surface area contributed by atoms with Gasteiger partial charge in [-0.25, -0.2) is 14.8 Å². The van der Waals surface area contributed by atoms with E-state index in [1.807, 2.05) is 82.9 Å². The molecule has 4 heterocycles. The SMILES string of the molecule is COC(=O)NC(C(=O)N1CCCC1c1ncc(C2=CC=C(c3ccc(-c4cnc(C5CCCN5C(=O)C(N)c5ccccc5)[nH]4)cc3)C3C4CCC(C4)C23)[nH]1)c1ccccc1. The van der Waals surface area contributed by atoms with Crippen LogP contribution in [0.25, 0.3) is 22.4 Å². The van der Waals surface area contributed by atoms with Crippen LogP contribution < -0.4 is 11.1 Å². The van der Waals surface area contributed by atoms with Gasteiger partial charge in [-0.2, -0.15) is 0 Å². The summed E-state index contributed by atoms with van der Waals surface area (Å²) in [5, 5.41) is 2.76. The predicted octanol–water partition coefficient (Wildman–Crippen LogP) is 8.07. The number of aromatic nitrogens is 4. The van der Waals surface area contributed by atoms with Gasteiger partial charge in [-0.1, -0.05) is 97.1 Å². The number of alkyl carbamates (subject to hydrolysis) is 1. The highest BCUT2D eigenvalue weighted by molar-refractivity contribution is 5.88. The highest BCUT2D eigenvalue weighted by atomic mass is 16.5. The van der Waals surface area contributed by atoms with E-state index in [1.54, 1.807) is 0 Å². The number of aromatic amines is 2. The first-order valence-corrected chi connectivity index (χ1v) is 21.8. The lowest BCUT2D eigenvalue weighted by Crippen LogP contribution is -2.42. The van der Waals surface area contributed by atoms with Crippen LogP contribution >= 0.6 is 0 Å². The summed E-state index contributed by atoms with van der Waals surface area (Å²) in [6.45, 7) is 1.25. The third-order valence-electron chi connectivity index (χ3n) is 14.1. The van der Waals surface area contributed by atoms with Gasteiger partial charge in [0.05, 0.1) is 43.0 Å². The summed E-state index contributed by atoms with van der Waals surface area (Å²) >= 11 is 0. The standard InChI is InChI=1S/C49H52N8O4/c1-61-49(60)55-44(32-12-6-3-7-13-32)48(59)57-25-9-15-40(57)46-52-28-38(54-46)36-23-22-35(41-33-20-21-34(26-33)42(36)41)29-16-18-30(19-17-29)37-27-51-45(53-37)39-14-8-24-56(39)47(58)43(50)31-10-4-2-5-11-31/h2-7,10-13,16-19,22-23,27-28,33-34,39-44H,8-9,14-15,20-21,24-26,50H2,1H3,(H,51,53)(H,52,54)(H,55,60). The van der Waals surface area contributed by atoms with Crippen molar-refractivity contribution < 1.29 is 19.1 Å². The van der Waals surface area contributed by atoms with Crippen molar-refractivity contribution in [1.82, 2.24) is 35.1 Å². The molecule has 3 amide bonds. The zero-order valence-electron chi connectivity index (χ0n) is 34.4. The van der Waals surface area contributed by atoms with E-state index in [0.29, 0.717) is 42.3 Å². The molecule has 8 atom stereocenters.